The Morgan fingerprint density at radius 2 is 2.10 bits per heavy atom. The highest BCUT2D eigenvalue weighted by Gasteiger charge is 2.10. The van der Waals surface area contributed by atoms with Gasteiger partial charge in [-0.1, -0.05) is 18.0 Å². The number of nitrogens with one attached hydrogen (secondary N) is 2. The van der Waals surface area contributed by atoms with Gasteiger partial charge in [-0.25, -0.2) is 9.78 Å². The van der Waals surface area contributed by atoms with Crippen LogP contribution in [-0.4, -0.2) is 42.1 Å². The lowest BCUT2D eigenvalue weighted by Gasteiger charge is -2.26. The molecule has 1 saturated heterocycles. The molecule has 1 aliphatic rings. The van der Waals surface area contributed by atoms with Gasteiger partial charge in [-0.15, -0.1) is 0 Å². The molecule has 5 nitrogen and oxygen atoms in total. The van der Waals surface area contributed by atoms with Crippen LogP contribution in [0.4, 0.5) is 10.5 Å². The van der Waals surface area contributed by atoms with Gasteiger partial charge in [0, 0.05) is 13.1 Å². The Kier molecular flexibility index (Phi) is 5.61. The number of carbonyl (C=O) groups excluding carboxylic acids is 1. The zero-order valence-electron chi connectivity index (χ0n) is 11.8. The van der Waals surface area contributed by atoms with E-state index >= 15 is 0 Å². The quantitative estimate of drug-likeness (QED) is 0.840. The van der Waals surface area contributed by atoms with E-state index in [1.54, 1.807) is 12.1 Å². The molecule has 2 N–H and O–H groups in total. The Balaban J connectivity index is 1.72. The zero-order chi connectivity index (χ0) is 14.4. The molecule has 0 radical (unpaired) electrons. The van der Waals surface area contributed by atoms with Crippen LogP contribution in [0.25, 0.3) is 0 Å². The molecule has 110 valence electrons. The minimum absolute atomic E-state index is 0.200. The molecule has 0 aliphatic carbocycles. The van der Waals surface area contributed by atoms with Crippen molar-refractivity contribution in [2.45, 2.75) is 26.2 Å². The Morgan fingerprint density at radius 3 is 2.80 bits per heavy atom. The highest BCUT2D eigenvalue weighted by molar-refractivity contribution is 6.29. The second-order valence-electron chi connectivity index (χ2n) is 5.05. The molecule has 2 rings (SSSR count). The number of carbonyl (C=O) groups is 1. The monoisotopic (exact) mass is 296 g/mol. The van der Waals surface area contributed by atoms with Crippen molar-refractivity contribution in [2.75, 3.05) is 31.5 Å². The van der Waals surface area contributed by atoms with E-state index in [-0.39, 0.29) is 6.03 Å². The summed E-state index contributed by atoms with van der Waals surface area (Å²) < 4.78 is 0. The van der Waals surface area contributed by atoms with Crippen LogP contribution in [-0.2, 0) is 0 Å². The predicted molar refractivity (Wildman–Crippen MR) is 81.3 cm³/mol. The molecule has 0 bridgehead atoms. The lowest BCUT2D eigenvalue weighted by atomic mass is 10.1. The minimum Gasteiger partial charge on any atom is -0.337 e. The standard InChI is InChI=1S/C14H21ClN4O/c1-11-12(5-6-13(15)17-11)18-14(20)16-7-10-19-8-3-2-4-9-19/h5-6H,2-4,7-10H2,1H3,(H2,16,18,20). The smallest absolute Gasteiger partial charge is 0.319 e. The van der Waals surface area contributed by atoms with Crippen molar-refractivity contribution < 1.29 is 4.79 Å². The summed E-state index contributed by atoms with van der Waals surface area (Å²) in [6.07, 6.45) is 3.86. The van der Waals surface area contributed by atoms with Crippen molar-refractivity contribution in [3.63, 3.8) is 0 Å². The number of hydrogen-bond donors (Lipinski definition) is 2. The van der Waals surface area contributed by atoms with E-state index < -0.39 is 0 Å². The summed E-state index contributed by atoms with van der Waals surface area (Å²) in [6, 6.07) is 3.22. The summed E-state index contributed by atoms with van der Waals surface area (Å²) in [5.74, 6) is 0. The first-order valence-corrected chi connectivity index (χ1v) is 7.43. The van der Waals surface area contributed by atoms with Crippen LogP contribution in [0.15, 0.2) is 12.1 Å². The SMILES string of the molecule is Cc1nc(Cl)ccc1NC(=O)NCCN1CCCCC1. The molecule has 0 saturated carbocycles. The van der Waals surface area contributed by atoms with Crippen LogP contribution in [0.3, 0.4) is 0 Å². The van der Waals surface area contributed by atoms with E-state index in [9.17, 15) is 4.79 Å². The summed E-state index contributed by atoms with van der Waals surface area (Å²) in [6.45, 7) is 5.67. The summed E-state index contributed by atoms with van der Waals surface area (Å²) in [5.41, 5.74) is 1.40. The minimum atomic E-state index is -0.200. The summed E-state index contributed by atoms with van der Waals surface area (Å²) >= 11 is 5.78. The predicted octanol–water partition coefficient (Wildman–Crippen LogP) is 2.65. The van der Waals surface area contributed by atoms with Crippen LogP contribution in [0, 0.1) is 6.92 Å². The van der Waals surface area contributed by atoms with Crippen molar-refractivity contribution in [3.05, 3.63) is 23.0 Å². The number of hydrogen-bond acceptors (Lipinski definition) is 3. The van der Waals surface area contributed by atoms with Crippen molar-refractivity contribution in [1.29, 1.82) is 0 Å². The number of pyridine rings is 1. The molecule has 20 heavy (non-hydrogen) atoms. The lowest BCUT2D eigenvalue weighted by Crippen LogP contribution is -2.39. The Hall–Kier alpha value is -1.33. The molecule has 0 spiro atoms. The fourth-order valence-corrected chi connectivity index (χ4v) is 2.53. The average Bonchev–Trinajstić information content (AvgIpc) is 2.43. The van der Waals surface area contributed by atoms with Crippen LogP contribution in [0.1, 0.15) is 25.0 Å². The maximum atomic E-state index is 11.8. The summed E-state index contributed by atoms with van der Waals surface area (Å²) in [4.78, 5) is 18.3. The van der Waals surface area contributed by atoms with E-state index in [1.807, 2.05) is 6.92 Å². The van der Waals surface area contributed by atoms with Gasteiger partial charge in [-0.05, 0) is 45.0 Å². The van der Waals surface area contributed by atoms with Crippen LogP contribution in [0.2, 0.25) is 5.15 Å². The van der Waals surface area contributed by atoms with Crippen molar-refractivity contribution in [2.24, 2.45) is 0 Å². The van der Waals surface area contributed by atoms with Gasteiger partial charge in [0.2, 0.25) is 0 Å². The van der Waals surface area contributed by atoms with Gasteiger partial charge in [0.25, 0.3) is 0 Å². The Morgan fingerprint density at radius 1 is 1.35 bits per heavy atom. The van der Waals surface area contributed by atoms with Gasteiger partial charge in [-0.3, -0.25) is 0 Å². The fourth-order valence-electron chi connectivity index (χ4n) is 2.34. The highest BCUT2D eigenvalue weighted by Crippen LogP contribution is 2.15. The second-order valence-corrected chi connectivity index (χ2v) is 5.44. The maximum absolute atomic E-state index is 11.8. The van der Waals surface area contributed by atoms with Crippen molar-refractivity contribution >= 4 is 23.3 Å². The number of aryl methyl sites for hydroxylation is 1. The molecule has 1 aromatic rings. The normalized spacial score (nSPS) is 15.9. The summed E-state index contributed by atoms with van der Waals surface area (Å²) in [7, 11) is 0. The molecule has 6 heteroatoms. The number of amides is 2. The topological polar surface area (TPSA) is 57.3 Å². The molecule has 0 unspecified atom stereocenters. The van der Waals surface area contributed by atoms with E-state index in [1.165, 1.54) is 19.3 Å². The maximum Gasteiger partial charge on any atom is 0.319 e. The number of likely N-dealkylation sites (tertiary alicyclic amines) is 1. The molecule has 0 atom stereocenters. The molecular formula is C14H21ClN4O. The van der Waals surface area contributed by atoms with Crippen LogP contribution < -0.4 is 10.6 Å². The number of rotatable bonds is 4. The lowest BCUT2D eigenvalue weighted by molar-refractivity contribution is 0.224. The molecule has 1 aliphatic heterocycles. The largest absolute Gasteiger partial charge is 0.337 e. The third kappa shape index (κ3) is 4.65. The van der Waals surface area contributed by atoms with Gasteiger partial charge < -0.3 is 15.5 Å². The van der Waals surface area contributed by atoms with E-state index in [0.29, 0.717) is 23.1 Å². The molecule has 1 fully saturated rings. The van der Waals surface area contributed by atoms with Gasteiger partial charge >= 0.3 is 6.03 Å². The number of anilines is 1. The first-order chi connectivity index (χ1) is 9.65. The third-order valence-electron chi connectivity index (χ3n) is 3.46. The van der Waals surface area contributed by atoms with Crippen LogP contribution in [0.5, 0.6) is 0 Å². The van der Waals surface area contributed by atoms with Crippen molar-refractivity contribution in [1.82, 2.24) is 15.2 Å². The first kappa shape index (κ1) is 15.1. The Labute approximate surface area is 124 Å². The molecule has 0 aromatic carbocycles. The van der Waals surface area contributed by atoms with Crippen LogP contribution >= 0.6 is 11.6 Å². The third-order valence-corrected chi connectivity index (χ3v) is 3.67. The average molecular weight is 297 g/mol. The van der Waals surface area contributed by atoms with Gasteiger partial charge in [0.15, 0.2) is 0 Å². The molecule has 2 amide bonds. The summed E-state index contributed by atoms with van der Waals surface area (Å²) in [5, 5.41) is 6.08. The molecule has 2 heterocycles. The second kappa shape index (κ2) is 7.45. The molecule has 1 aromatic heterocycles. The number of halogens is 1. The fraction of sp³-hybridized carbons (Fsp3) is 0.571. The molecular weight excluding hydrogens is 276 g/mol. The highest BCUT2D eigenvalue weighted by atomic mass is 35.5. The number of nitrogens with zero attached hydrogens (tertiary/aromatic N) is 2. The van der Waals surface area contributed by atoms with E-state index in [0.717, 1.165) is 19.6 Å². The van der Waals surface area contributed by atoms with Crippen molar-refractivity contribution in [3.8, 4) is 0 Å². The Bertz CT molecular complexity index is 460. The van der Waals surface area contributed by atoms with E-state index in [4.69, 9.17) is 11.6 Å². The van der Waals surface area contributed by atoms with E-state index in [2.05, 4.69) is 20.5 Å². The van der Waals surface area contributed by atoms with Gasteiger partial charge in [0.1, 0.15) is 5.15 Å². The number of urea groups is 1. The zero-order valence-corrected chi connectivity index (χ0v) is 12.5. The number of aromatic nitrogens is 1. The van der Waals surface area contributed by atoms with Gasteiger partial charge in [-0.2, -0.15) is 0 Å². The number of piperidine rings is 1. The van der Waals surface area contributed by atoms with Gasteiger partial charge in [0.05, 0.1) is 11.4 Å². The first-order valence-electron chi connectivity index (χ1n) is 7.05.